The first kappa shape index (κ1) is 11.5. The molecule has 2 aromatic heterocycles. The first-order valence-electron chi connectivity index (χ1n) is 4.79. The maximum Gasteiger partial charge on any atom is 0.274 e. The highest BCUT2D eigenvalue weighted by Crippen LogP contribution is 2.14. The molecule has 0 radical (unpaired) electrons. The zero-order chi connectivity index (χ0) is 12.3. The molecule has 0 saturated carbocycles. The van der Waals surface area contributed by atoms with Crippen LogP contribution in [0, 0.1) is 0 Å². The number of carbonyl (C=O) groups excluding carboxylic acids is 1. The average molecular weight is 293 g/mol. The lowest BCUT2D eigenvalue weighted by Gasteiger charge is -2.04. The number of nitrogens with one attached hydrogen (secondary N) is 1. The molecule has 1 amide bonds. The van der Waals surface area contributed by atoms with Crippen molar-refractivity contribution in [1.29, 1.82) is 0 Å². The number of pyridine rings is 2. The van der Waals surface area contributed by atoms with E-state index in [-0.39, 0.29) is 11.6 Å². The summed E-state index contributed by atoms with van der Waals surface area (Å²) >= 11 is 3.27. The Balaban J connectivity index is 2.17. The summed E-state index contributed by atoms with van der Waals surface area (Å²) in [5, 5.41) is 2.68. The maximum absolute atomic E-state index is 11.8. The number of anilines is 2. The molecule has 3 N–H and O–H groups in total. The lowest BCUT2D eigenvalue weighted by Crippen LogP contribution is -2.14. The molecule has 0 aliphatic heterocycles. The molecule has 0 atom stereocenters. The number of hydrogen-bond donors (Lipinski definition) is 2. The van der Waals surface area contributed by atoms with Gasteiger partial charge in [0, 0.05) is 10.7 Å². The van der Waals surface area contributed by atoms with Gasteiger partial charge in [-0.2, -0.15) is 0 Å². The number of nitrogen functional groups attached to an aromatic ring is 1. The van der Waals surface area contributed by atoms with Crippen molar-refractivity contribution < 1.29 is 4.79 Å². The van der Waals surface area contributed by atoms with Crippen molar-refractivity contribution in [2.45, 2.75) is 0 Å². The quantitative estimate of drug-likeness (QED) is 0.888. The smallest absolute Gasteiger partial charge is 0.274 e. The van der Waals surface area contributed by atoms with E-state index in [1.165, 1.54) is 0 Å². The van der Waals surface area contributed by atoms with Gasteiger partial charge in [0.2, 0.25) is 0 Å². The van der Waals surface area contributed by atoms with Crippen LogP contribution >= 0.6 is 15.9 Å². The van der Waals surface area contributed by atoms with Crippen molar-refractivity contribution >= 4 is 33.3 Å². The van der Waals surface area contributed by atoms with E-state index in [1.54, 1.807) is 36.7 Å². The molecule has 5 nitrogen and oxygen atoms in total. The number of aromatic nitrogens is 2. The third-order valence-electron chi connectivity index (χ3n) is 1.97. The fourth-order valence-electron chi connectivity index (χ4n) is 1.25. The zero-order valence-corrected chi connectivity index (χ0v) is 10.3. The van der Waals surface area contributed by atoms with Crippen molar-refractivity contribution in [1.82, 2.24) is 9.97 Å². The van der Waals surface area contributed by atoms with Crippen LogP contribution in [-0.2, 0) is 0 Å². The Labute approximate surface area is 106 Å². The van der Waals surface area contributed by atoms with Gasteiger partial charge in [-0.05, 0) is 34.1 Å². The van der Waals surface area contributed by atoms with Gasteiger partial charge in [-0.25, -0.2) is 4.98 Å². The Morgan fingerprint density at radius 2 is 2.18 bits per heavy atom. The lowest BCUT2D eigenvalue weighted by atomic mass is 10.3. The predicted molar refractivity (Wildman–Crippen MR) is 68.5 cm³/mol. The summed E-state index contributed by atoms with van der Waals surface area (Å²) in [6.45, 7) is 0. The van der Waals surface area contributed by atoms with Crippen LogP contribution in [0.25, 0.3) is 0 Å². The molecule has 0 aliphatic carbocycles. The number of halogens is 1. The summed E-state index contributed by atoms with van der Waals surface area (Å²) < 4.78 is 0.788. The molecule has 86 valence electrons. The number of nitrogens with two attached hydrogens (primary N) is 1. The minimum absolute atomic E-state index is 0.268. The number of rotatable bonds is 2. The summed E-state index contributed by atoms with van der Waals surface area (Å²) in [7, 11) is 0. The van der Waals surface area contributed by atoms with Gasteiger partial charge in [0.1, 0.15) is 11.5 Å². The number of nitrogens with zero attached hydrogens (tertiary/aromatic N) is 2. The van der Waals surface area contributed by atoms with Gasteiger partial charge >= 0.3 is 0 Å². The van der Waals surface area contributed by atoms with E-state index < -0.39 is 0 Å². The predicted octanol–water partition coefficient (Wildman–Crippen LogP) is 2.07. The molecule has 0 bridgehead atoms. The van der Waals surface area contributed by atoms with Crippen LogP contribution in [0.2, 0.25) is 0 Å². The molecule has 2 rings (SSSR count). The minimum Gasteiger partial charge on any atom is -0.384 e. The highest BCUT2D eigenvalue weighted by atomic mass is 79.9. The molecule has 2 heterocycles. The summed E-state index contributed by atoms with van der Waals surface area (Å²) in [4.78, 5) is 19.7. The van der Waals surface area contributed by atoms with Gasteiger partial charge in [0.25, 0.3) is 5.91 Å². The Morgan fingerprint density at radius 1 is 1.35 bits per heavy atom. The number of amides is 1. The normalized spacial score (nSPS) is 9.94. The van der Waals surface area contributed by atoms with Crippen LogP contribution < -0.4 is 11.1 Å². The molecule has 6 heteroatoms. The van der Waals surface area contributed by atoms with Gasteiger partial charge < -0.3 is 11.1 Å². The molecule has 0 saturated heterocycles. The van der Waals surface area contributed by atoms with Crippen molar-refractivity contribution in [3.05, 3.63) is 46.8 Å². The second-order valence-electron chi connectivity index (χ2n) is 3.29. The summed E-state index contributed by atoms with van der Waals surface area (Å²) in [6.07, 6.45) is 3.18. The van der Waals surface area contributed by atoms with Gasteiger partial charge in [-0.3, -0.25) is 9.78 Å². The van der Waals surface area contributed by atoms with E-state index in [0.717, 1.165) is 4.47 Å². The van der Waals surface area contributed by atoms with E-state index in [2.05, 4.69) is 31.2 Å². The molecule has 0 fully saturated rings. The van der Waals surface area contributed by atoms with Gasteiger partial charge in [-0.15, -0.1) is 0 Å². The molecular formula is C11H9BrN4O. The maximum atomic E-state index is 11.8. The van der Waals surface area contributed by atoms with E-state index in [0.29, 0.717) is 11.5 Å². The molecule has 0 aliphatic rings. The zero-order valence-electron chi connectivity index (χ0n) is 8.72. The summed E-state index contributed by atoms with van der Waals surface area (Å²) in [5.41, 5.74) is 6.36. The van der Waals surface area contributed by atoms with Crippen LogP contribution in [0.5, 0.6) is 0 Å². The Hall–Kier alpha value is -1.95. The van der Waals surface area contributed by atoms with E-state index in [1.807, 2.05) is 0 Å². The third-order valence-corrected chi connectivity index (χ3v) is 2.40. The van der Waals surface area contributed by atoms with E-state index in [9.17, 15) is 4.79 Å². The van der Waals surface area contributed by atoms with Crippen molar-refractivity contribution in [2.75, 3.05) is 11.1 Å². The van der Waals surface area contributed by atoms with Crippen LogP contribution in [0.4, 0.5) is 11.5 Å². The second kappa shape index (κ2) is 4.92. The number of carbonyl (C=O) groups is 1. The van der Waals surface area contributed by atoms with E-state index >= 15 is 0 Å². The van der Waals surface area contributed by atoms with Gasteiger partial charge in [0.15, 0.2) is 0 Å². The monoisotopic (exact) mass is 292 g/mol. The molecule has 0 spiro atoms. The first-order valence-corrected chi connectivity index (χ1v) is 5.59. The minimum atomic E-state index is -0.322. The highest BCUT2D eigenvalue weighted by Gasteiger charge is 2.07. The van der Waals surface area contributed by atoms with Crippen molar-refractivity contribution in [2.24, 2.45) is 0 Å². The SMILES string of the molecule is Nc1cccc(C(=O)Nc2cncc(Br)c2)n1. The van der Waals surface area contributed by atoms with Crippen molar-refractivity contribution in [3.8, 4) is 0 Å². The Bertz CT molecular complexity index is 559. The fourth-order valence-corrected chi connectivity index (χ4v) is 1.62. The fraction of sp³-hybridized carbons (Fsp3) is 0. The second-order valence-corrected chi connectivity index (χ2v) is 4.21. The standard InChI is InChI=1S/C11H9BrN4O/c12-7-4-8(6-14-5-7)15-11(17)9-2-1-3-10(13)16-9/h1-6H,(H2,13,16)(H,15,17). The molecule has 0 unspecified atom stereocenters. The van der Waals surface area contributed by atoms with Crippen LogP contribution in [0.15, 0.2) is 41.1 Å². The number of hydrogen-bond acceptors (Lipinski definition) is 4. The van der Waals surface area contributed by atoms with Gasteiger partial charge in [-0.1, -0.05) is 6.07 Å². The average Bonchev–Trinajstić information content (AvgIpc) is 2.29. The van der Waals surface area contributed by atoms with Crippen LogP contribution in [0.3, 0.4) is 0 Å². The molecule has 17 heavy (non-hydrogen) atoms. The summed E-state index contributed by atoms with van der Waals surface area (Å²) in [6, 6.07) is 6.64. The third kappa shape index (κ3) is 3.01. The van der Waals surface area contributed by atoms with Crippen LogP contribution in [0.1, 0.15) is 10.5 Å². The molecule has 2 aromatic rings. The molecule has 0 aromatic carbocycles. The lowest BCUT2D eigenvalue weighted by molar-refractivity contribution is 0.102. The first-order chi connectivity index (χ1) is 8.15. The molecular weight excluding hydrogens is 284 g/mol. The Kier molecular flexibility index (Phi) is 3.34. The Morgan fingerprint density at radius 3 is 2.88 bits per heavy atom. The van der Waals surface area contributed by atoms with Crippen molar-refractivity contribution in [3.63, 3.8) is 0 Å². The topological polar surface area (TPSA) is 80.9 Å². The summed E-state index contributed by atoms with van der Waals surface area (Å²) in [5.74, 6) is -0.0118. The van der Waals surface area contributed by atoms with Gasteiger partial charge in [0.05, 0.1) is 11.9 Å². The van der Waals surface area contributed by atoms with Crippen LogP contribution in [-0.4, -0.2) is 15.9 Å². The highest BCUT2D eigenvalue weighted by molar-refractivity contribution is 9.10. The van der Waals surface area contributed by atoms with E-state index in [4.69, 9.17) is 5.73 Å². The largest absolute Gasteiger partial charge is 0.384 e.